The Morgan fingerprint density at radius 1 is 1.46 bits per heavy atom. The quantitative estimate of drug-likeness (QED) is 0.413. The Morgan fingerprint density at radius 2 is 2.15 bits per heavy atom. The predicted octanol–water partition coefficient (Wildman–Crippen LogP) is 1.38. The summed E-state index contributed by atoms with van der Waals surface area (Å²) in [5, 5.41) is 0. The predicted molar refractivity (Wildman–Crippen MR) is 72.1 cm³/mol. The summed E-state index contributed by atoms with van der Waals surface area (Å²) in [6, 6.07) is 5.68. The zero-order chi connectivity index (χ0) is 9.84. The van der Waals surface area contributed by atoms with Crippen LogP contribution in [-0.2, 0) is 4.74 Å². The summed E-state index contributed by atoms with van der Waals surface area (Å²) in [4.78, 5) is 11.4. The van der Waals surface area contributed by atoms with Crippen molar-refractivity contribution in [1.82, 2.24) is 0 Å². The van der Waals surface area contributed by atoms with E-state index < -0.39 is 0 Å². The van der Waals surface area contributed by atoms with Crippen LogP contribution in [0.1, 0.15) is 10.4 Å². The van der Waals surface area contributed by atoms with Gasteiger partial charge in [0.05, 0.1) is 22.0 Å². The lowest BCUT2D eigenvalue weighted by molar-refractivity contribution is 0.0572. The molecule has 0 atom stereocenters. The fourth-order valence-corrected chi connectivity index (χ4v) is 2.95. The van der Waals surface area contributed by atoms with Gasteiger partial charge in [-0.15, -0.1) is 0 Å². The van der Waals surface area contributed by atoms with Crippen LogP contribution in [0.25, 0.3) is 0 Å². The molecule has 5 heteroatoms. The van der Waals surface area contributed by atoms with E-state index in [9.17, 15) is 4.79 Å². The number of rotatable bonds is 2. The summed E-state index contributed by atoms with van der Waals surface area (Å²) in [5.74, 6) is -0.212. The van der Waals surface area contributed by atoms with Crippen LogP contribution in [-0.4, -0.2) is 22.4 Å². The number of esters is 1. The smallest absolute Gasteiger partial charge is 0.338 e. The van der Waals surface area contributed by atoms with Gasteiger partial charge in [-0.1, -0.05) is 0 Å². The van der Waals surface area contributed by atoms with Gasteiger partial charge >= 0.3 is 5.97 Å². The van der Waals surface area contributed by atoms with Crippen molar-refractivity contribution in [1.29, 1.82) is 0 Å². The summed E-state index contributed by atoms with van der Waals surface area (Å²) < 4.78 is 7.04. The molecule has 0 aliphatic rings. The highest BCUT2D eigenvalue weighted by molar-refractivity contribution is 14.1. The van der Waals surface area contributed by atoms with Crippen LogP contribution in [0.5, 0.6) is 0 Å². The summed E-state index contributed by atoms with van der Waals surface area (Å²) in [6.07, 6.45) is 0.556. The molecule has 0 saturated heterocycles. The molecule has 0 aliphatic carbocycles. The first-order valence-electron chi connectivity index (χ1n) is 3.77. The summed E-state index contributed by atoms with van der Waals surface area (Å²) in [5.41, 5.74) is 0.664. The molecule has 0 saturated carbocycles. The van der Waals surface area contributed by atoms with Crippen LogP contribution in [0.3, 0.4) is 0 Å². The van der Waals surface area contributed by atoms with Crippen LogP contribution >= 0.6 is 45.2 Å². The molecule has 0 radical (unpaired) electrons. The van der Waals surface area contributed by atoms with Crippen molar-refractivity contribution in [3.05, 3.63) is 30.9 Å². The first-order valence-corrected chi connectivity index (χ1v) is 7.34. The van der Waals surface area contributed by atoms with Crippen LogP contribution in [0, 0.1) is 7.14 Å². The van der Waals surface area contributed by atoms with Gasteiger partial charge in [0.15, 0.2) is 0 Å². The van der Waals surface area contributed by atoms with E-state index in [4.69, 9.17) is 4.74 Å². The third-order valence-electron chi connectivity index (χ3n) is 1.43. The lowest BCUT2D eigenvalue weighted by atomic mass is 10.2. The number of hydrogen-bond donors (Lipinski definition) is 0. The minimum absolute atomic E-state index is 0.212. The second-order valence-electron chi connectivity index (χ2n) is 2.34. The van der Waals surface area contributed by atoms with E-state index >= 15 is 0 Å². The normalized spacial score (nSPS) is 10.0. The zero-order valence-electron chi connectivity index (χ0n) is 7.01. The van der Waals surface area contributed by atoms with E-state index in [0.29, 0.717) is 11.8 Å². The van der Waals surface area contributed by atoms with Crippen molar-refractivity contribution >= 4 is 61.4 Å². The monoisotopic (exact) mass is 418 g/mol. The molecule has 1 aromatic rings. The molecular weight excluding hydrogens is 410 g/mol. The number of carbonyl (C=O) groups excluding carboxylic acids is 1. The maximum absolute atomic E-state index is 11.4. The van der Waals surface area contributed by atoms with E-state index in [2.05, 4.69) is 45.2 Å². The van der Waals surface area contributed by atoms with Gasteiger partial charge in [0.1, 0.15) is 0 Å². The summed E-state index contributed by atoms with van der Waals surface area (Å²) in [6.45, 7) is 0. The average molecular weight is 418 g/mol. The van der Waals surface area contributed by atoms with Crippen molar-refractivity contribution in [2.24, 2.45) is 0 Å². The molecule has 0 spiro atoms. The number of carbonyl (C=O) groups is 1. The van der Waals surface area contributed by atoms with Crippen molar-refractivity contribution in [2.75, 3.05) is 6.23 Å². The minimum atomic E-state index is -0.212. The largest absolute Gasteiger partial charge is 0.467 e. The molecule has 0 unspecified atom stereocenters. The van der Waals surface area contributed by atoms with E-state index in [0.717, 1.165) is 17.4 Å². The number of halogens is 2. The Hall–Kier alpha value is 0.367. The topological polar surface area (TPSA) is 26.3 Å². The number of hydrogen-bond acceptors (Lipinski definition) is 2. The maximum atomic E-state index is 11.4. The Morgan fingerprint density at radius 3 is 2.69 bits per heavy atom. The first kappa shape index (κ1) is 11.4. The van der Waals surface area contributed by atoms with E-state index in [1.807, 2.05) is 18.2 Å². The van der Waals surface area contributed by atoms with Crippen molar-refractivity contribution in [3.8, 4) is 0 Å². The zero-order valence-corrected chi connectivity index (χ0v) is 13.3. The average Bonchev–Trinajstić information content (AvgIpc) is 2.04. The fourth-order valence-electron chi connectivity index (χ4n) is 0.864. The number of benzene rings is 1. The molecule has 0 heterocycles. The molecule has 70 valence electrons. The highest BCUT2D eigenvalue weighted by Crippen LogP contribution is 2.16. The van der Waals surface area contributed by atoms with Gasteiger partial charge in [-0.25, -0.2) is 4.79 Å². The second-order valence-corrected chi connectivity index (χ2v) is 5.33. The molecule has 0 aliphatic heterocycles. The third kappa shape index (κ3) is 3.20. The van der Waals surface area contributed by atoms with Crippen molar-refractivity contribution < 1.29 is 9.53 Å². The molecule has 0 amide bonds. The first-order chi connectivity index (χ1) is 6.15. The number of ether oxygens (including phenoxy) is 1. The van der Waals surface area contributed by atoms with E-state index in [-0.39, 0.29) is 5.97 Å². The molecule has 13 heavy (non-hydrogen) atoms. The van der Waals surface area contributed by atoms with Gasteiger partial charge in [-0.2, -0.15) is 0 Å². The molecule has 1 aromatic carbocycles. The highest BCUT2D eigenvalue weighted by Gasteiger charge is 2.10. The van der Waals surface area contributed by atoms with Crippen molar-refractivity contribution in [2.45, 2.75) is 0 Å². The van der Waals surface area contributed by atoms with Crippen LogP contribution in [0.2, 0.25) is 0 Å². The lowest BCUT2D eigenvalue weighted by Gasteiger charge is -2.03. The Labute approximate surface area is 107 Å². The summed E-state index contributed by atoms with van der Waals surface area (Å²) in [7, 11) is 0.887. The Bertz CT molecular complexity index is 328. The van der Waals surface area contributed by atoms with Crippen molar-refractivity contribution in [3.63, 3.8) is 0 Å². The van der Waals surface area contributed by atoms with Crippen LogP contribution < -0.4 is 0 Å². The Balaban J connectivity index is 2.95. The molecule has 1 rings (SSSR count). The SMILES string of the molecule is O=C(OC[SiH3])c1ccc(I)cc1I. The van der Waals surface area contributed by atoms with Gasteiger partial charge in [0.25, 0.3) is 0 Å². The van der Waals surface area contributed by atoms with Crippen LogP contribution in [0.15, 0.2) is 18.2 Å². The van der Waals surface area contributed by atoms with Gasteiger partial charge in [0.2, 0.25) is 0 Å². The van der Waals surface area contributed by atoms with E-state index in [1.165, 1.54) is 0 Å². The van der Waals surface area contributed by atoms with Gasteiger partial charge in [-0.3, -0.25) is 0 Å². The highest BCUT2D eigenvalue weighted by atomic mass is 127. The molecule has 0 bridgehead atoms. The lowest BCUT2D eigenvalue weighted by Crippen LogP contribution is -2.08. The van der Waals surface area contributed by atoms with Gasteiger partial charge < -0.3 is 4.74 Å². The van der Waals surface area contributed by atoms with Gasteiger partial charge in [0, 0.05) is 7.14 Å². The second kappa shape index (κ2) is 5.30. The molecule has 0 N–H and O–H groups in total. The molecule has 0 aromatic heterocycles. The van der Waals surface area contributed by atoms with E-state index in [1.54, 1.807) is 0 Å². The minimum Gasteiger partial charge on any atom is -0.467 e. The Kier molecular flexibility index (Phi) is 4.66. The standard InChI is InChI=1S/C8H8I2O2Si/c9-5-1-2-6(7(10)3-5)8(11)12-4-13/h1-3H,4H2,13H3. The summed E-state index contributed by atoms with van der Waals surface area (Å²) >= 11 is 4.36. The maximum Gasteiger partial charge on any atom is 0.338 e. The third-order valence-corrected chi connectivity index (χ3v) is 3.28. The molecule has 0 fully saturated rings. The molecular formula is C8H8I2O2Si. The van der Waals surface area contributed by atoms with Gasteiger partial charge in [-0.05, 0) is 63.4 Å². The van der Waals surface area contributed by atoms with Crippen LogP contribution in [0.4, 0.5) is 0 Å². The molecule has 2 nitrogen and oxygen atoms in total. The fraction of sp³-hybridized carbons (Fsp3) is 0.125.